The van der Waals surface area contributed by atoms with E-state index in [-0.39, 0.29) is 12.3 Å². The van der Waals surface area contributed by atoms with Crippen molar-refractivity contribution in [1.82, 2.24) is 15.2 Å². The zero-order valence-electron chi connectivity index (χ0n) is 11.0. The SMILES string of the molecule is O=[N+]([O-])c1cccc(OCc2nc(-c3ccc(Br)o3)n[nH]2)c1. The van der Waals surface area contributed by atoms with Gasteiger partial charge in [0.1, 0.15) is 12.4 Å². The summed E-state index contributed by atoms with van der Waals surface area (Å²) >= 11 is 3.20. The Bertz CT molecular complexity index is 814. The fraction of sp³-hybridized carbons (Fsp3) is 0.0769. The van der Waals surface area contributed by atoms with E-state index in [1.54, 1.807) is 24.3 Å². The molecule has 1 aromatic carbocycles. The van der Waals surface area contributed by atoms with Gasteiger partial charge in [-0.1, -0.05) is 6.07 Å². The third-order valence-electron chi connectivity index (χ3n) is 2.73. The maximum absolute atomic E-state index is 10.7. The van der Waals surface area contributed by atoms with Gasteiger partial charge in [0.15, 0.2) is 16.3 Å². The summed E-state index contributed by atoms with van der Waals surface area (Å²) in [5, 5.41) is 17.4. The van der Waals surface area contributed by atoms with E-state index >= 15 is 0 Å². The van der Waals surface area contributed by atoms with Gasteiger partial charge in [-0.25, -0.2) is 4.98 Å². The Kier molecular flexibility index (Phi) is 3.88. The van der Waals surface area contributed by atoms with E-state index in [4.69, 9.17) is 9.15 Å². The summed E-state index contributed by atoms with van der Waals surface area (Å²) in [4.78, 5) is 14.4. The molecule has 0 aliphatic heterocycles. The number of nitrogens with zero attached hydrogens (tertiary/aromatic N) is 3. The number of aromatic amines is 1. The van der Waals surface area contributed by atoms with Gasteiger partial charge in [0.05, 0.1) is 11.0 Å². The molecule has 112 valence electrons. The molecule has 0 radical (unpaired) electrons. The van der Waals surface area contributed by atoms with Crippen LogP contribution in [0, 0.1) is 10.1 Å². The monoisotopic (exact) mass is 364 g/mol. The zero-order chi connectivity index (χ0) is 15.5. The third kappa shape index (κ3) is 3.14. The van der Waals surface area contributed by atoms with Crippen LogP contribution in [-0.4, -0.2) is 20.1 Å². The Hall–Kier alpha value is -2.68. The summed E-state index contributed by atoms with van der Waals surface area (Å²) in [6.07, 6.45) is 0. The van der Waals surface area contributed by atoms with Crippen LogP contribution in [0.25, 0.3) is 11.6 Å². The first-order chi connectivity index (χ1) is 10.6. The highest BCUT2D eigenvalue weighted by atomic mass is 79.9. The molecule has 2 heterocycles. The van der Waals surface area contributed by atoms with E-state index in [9.17, 15) is 10.1 Å². The molecule has 0 aliphatic carbocycles. The van der Waals surface area contributed by atoms with Crippen molar-refractivity contribution in [3.8, 4) is 17.3 Å². The molecular formula is C13H9BrN4O4. The summed E-state index contributed by atoms with van der Waals surface area (Å²) < 4.78 is 11.4. The predicted octanol–water partition coefficient (Wildman–Crippen LogP) is 3.31. The molecule has 0 bridgehead atoms. The Morgan fingerprint density at radius 3 is 2.95 bits per heavy atom. The first-order valence-electron chi connectivity index (χ1n) is 6.16. The maximum atomic E-state index is 10.7. The summed E-state index contributed by atoms with van der Waals surface area (Å²) in [5.74, 6) is 1.79. The highest BCUT2D eigenvalue weighted by Crippen LogP contribution is 2.23. The fourth-order valence-corrected chi connectivity index (χ4v) is 2.05. The lowest BCUT2D eigenvalue weighted by Crippen LogP contribution is -1.98. The minimum absolute atomic E-state index is 0.0313. The number of H-pyrrole nitrogens is 1. The van der Waals surface area contributed by atoms with Gasteiger partial charge in [-0.05, 0) is 34.1 Å². The molecule has 0 spiro atoms. The molecule has 0 amide bonds. The normalized spacial score (nSPS) is 10.6. The number of hydrogen-bond acceptors (Lipinski definition) is 6. The van der Waals surface area contributed by atoms with E-state index in [2.05, 4.69) is 31.1 Å². The minimum Gasteiger partial charge on any atom is -0.485 e. The second-order valence-corrected chi connectivity index (χ2v) is 5.03. The molecule has 0 aliphatic rings. The standard InChI is InChI=1S/C13H9BrN4O4/c14-11-5-4-10(22-11)13-15-12(16-17-13)7-21-9-3-1-2-8(6-9)18(19)20/h1-6H,7H2,(H,15,16,17). The number of nitro groups is 1. The number of halogens is 1. The quantitative estimate of drug-likeness (QED) is 0.549. The maximum Gasteiger partial charge on any atom is 0.273 e. The van der Waals surface area contributed by atoms with Crippen LogP contribution >= 0.6 is 15.9 Å². The average Bonchev–Trinajstić information content (AvgIpc) is 3.14. The first kappa shape index (κ1) is 14.3. The molecule has 9 heteroatoms. The van der Waals surface area contributed by atoms with Gasteiger partial charge in [-0.3, -0.25) is 15.2 Å². The van der Waals surface area contributed by atoms with E-state index in [1.807, 2.05) is 0 Å². The topological polar surface area (TPSA) is 107 Å². The van der Waals surface area contributed by atoms with Crippen molar-refractivity contribution < 1.29 is 14.1 Å². The molecule has 0 saturated heterocycles. The number of hydrogen-bond donors (Lipinski definition) is 1. The van der Waals surface area contributed by atoms with E-state index in [0.717, 1.165) is 0 Å². The van der Waals surface area contributed by atoms with Crippen molar-refractivity contribution in [3.63, 3.8) is 0 Å². The Morgan fingerprint density at radius 2 is 2.23 bits per heavy atom. The third-order valence-corrected chi connectivity index (χ3v) is 3.16. The zero-order valence-corrected chi connectivity index (χ0v) is 12.6. The molecule has 0 unspecified atom stereocenters. The van der Waals surface area contributed by atoms with Crippen molar-refractivity contribution in [3.05, 3.63) is 57.0 Å². The number of rotatable bonds is 5. The summed E-state index contributed by atoms with van der Waals surface area (Å²) in [6.45, 7) is 0.107. The molecule has 3 rings (SSSR count). The summed E-state index contributed by atoms with van der Waals surface area (Å²) in [6, 6.07) is 9.41. The van der Waals surface area contributed by atoms with Gasteiger partial charge in [0.2, 0.25) is 5.82 Å². The van der Waals surface area contributed by atoms with Crippen molar-refractivity contribution in [1.29, 1.82) is 0 Å². The number of nitro benzene ring substituents is 1. The number of benzene rings is 1. The molecule has 0 atom stereocenters. The van der Waals surface area contributed by atoms with Gasteiger partial charge in [0.25, 0.3) is 5.69 Å². The van der Waals surface area contributed by atoms with Crippen molar-refractivity contribution in [2.75, 3.05) is 0 Å². The van der Waals surface area contributed by atoms with Gasteiger partial charge in [0, 0.05) is 6.07 Å². The highest BCUT2D eigenvalue weighted by Gasteiger charge is 2.11. The van der Waals surface area contributed by atoms with Crippen LogP contribution in [0.15, 0.2) is 45.5 Å². The lowest BCUT2D eigenvalue weighted by molar-refractivity contribution is -0.384. The number of aromatic nitrogens is 3. The smallest absolute Gasteiger partial charge is 0.273 e. The Morgan fingerprint density at radius 1 is 1.36 bits per heavy atom. The Labute approximate surface area is 132 Å². The average molecular weight is 365 g/mol. The molecule has 0 saturated carbocycles. The van der Waals surface area contributed by atoms with E-state index in [1.165, 1.54) is 12.1 Å². The lowest BCUT2D eigenvalue weighted by atomic mass is 10.3. The van der Waals surface area contributed by atoms with Crippen LogP contribution in [0.3, 0.4) is 0 Å². The van der Waals surface area contributed by atoms with Crippen molar-refractivity contribution in [2.24, 2.45) is 0 Å². The van der Waals surface area contributed by atoms with Crippen LogP contribution in [0.2, 0.25) is 0 Å². The van der Waals surface area contributed by atoms with Gasteiger partial charge in [-0.15, -0.1) is 5.10 Å². The second-order valence-electron chi connectivity index (χ2n) is 4.25. The number of nitrogens with one attached hydrogen (secondary N) is 1. The van der Waals surface area contributed by atoms with Crippen LogP contribution in [-0.2, 0) is 6.61 Å². The van der Waals surface area contributed by atoms with Gasteiger partial charge >= 0.3 is 0 Å². The fourth-order valence-electron chi connectivity index (χ4n) is 1.74. The number of non-ortho nitro benzene ring substituents is 1. The van der Waals surface area contributed by atoms with Crippen LogP contribution in [0.1, 0.15) is 5.82 Å². The van der Waals surface area contributed by atoms with Gasteiger partial charge in [-0.2, -0.15) is 0 Å². The van der Waals surface area contributed by atoms with E-state index < -0.39 is 4.92 Å². The number of ether oxygens (including phenoxy) is 1. The van der Waals surface area contributed by atoms with Crippen LogP contribution < -0.4 is 4.74 Å². The van der Waals surface area contributed by atoms with Crippen molar-refractivity contribution in [2.45, 2.75) is 6.61 Å². The molecule has 3 aromatic rings. The highest BCUT2D eigenvalue weighted by molar-refractivity contribution is 9.10. The molecule has 0 fully saturated rings. The van der Waals surface area contributed by atoms with Crippen LogP contribution in [0.5, 0.6) is 5.75 Å². The second kappa shape index (κ2) is 5.98. The first-order valence-corrected chi connectivity index (χ1v) is 6.95. The molecule has 8 nitrogen and oxygen atoms in total. The van der Waals surface area contributed by atoms with Crippen LogP contribution in [0.4, 0.5) is 5.69 Å². The molecular weight excluding hydrogens is 356 g/mol. The summed E-state index contributed by atoms with van der Waals surface area (Å²) in [7, 11) is 0. The largest absolute Gasteiger partial charge is 0.485 e. The predicted molar refractivity (Wildman–Crippen MR) is 79.2 cm³/mol. The lowest BCUT2D eigenvalue weighted by Gasteiger charge is -2.02. The molecule has 2 aromatic heterocycles. The molecule has 1 N–H and O–H groups in total. The van der Waals surface area contributed by atoms with E-state index in [0.29, 0.717) is 27.8 Å². The van der Waals surface area contributed by atoms with Crippen molar-refractivity contribution >= 4 is 21.6 Å². The molecule has 22 heavy (non-hydrogen) atoms. The summed E-state index contributed by atoms with van der Waals surface area (Å²) in [5.41, 5.74) is -0.0313. The Balaban J connectivity index is 1.68. The minimum atomic E-state index is -0.478. The number of furan rings is 1. The van der Waals surface area contributed by atoms with Gasteiger partial charge < -0.3 is 9.15 Å².